The maximum atomic E-state index is 12.3. The number of rotatable bonds is 8. The summed E-state index contributed by atoms with van der Waals surface area (Å²) >= 11 is 7.61. The lowest BCUT2D eigenvalue weighted by atomic mass is 10.1. The molecule has 6 heteroatoms. The van der Waals surface area contributed by atoms with Crippen molar-refractivity contribution in [2.75, 3.05) is 11.9 Å². The molecule has 2 N–H and O–H groups in total. The van der Waals surface area contributed by atoms with Gasteiger partial charge < -0.3 is 10.6 Å². The number of aryl methyl sites for hydroxylation is 1. The van der Waals surface area contributed by atoms with Gasteiger partial charge in [-0.15, -0.1) is 11.8 Å². The van der Waals surface area contributed by atoms with Crippen molar-refractivity contribution in [3.63, 3.8) is 0 Å². The summed E-state index contributed by atoms with van der Waals surface area (Å²) in [6.07, 6.45) is 0.825. The Morgan fingerprint density at radius 2 is 1.63 bits per heavy atom. The molecule has 0 saturated heterocycles. The van der Waals surface area contributed by atoms with E-state index in [1.165, 1.54) is 0 Å². The predicted octanol–water partition coefficient (Wildman–Crippen LogP) is 5.56. The van der Waals surface area contributed by atoms with E-state index in [0.717, 1.165) is 38.9 Å². The summed E-state index contributed by atoms with van der Waals surface area (Å²) in [5.41, 5.74) is 3.48. The molecular weight excluding hydrogens is 416 g/mol. The van der Waals surface area contributed by atoms with Crippen LogP contribution >= 0.6 is 23.4 Å². The fourth-order valence-electron chi connectivity index (χ4n) is 2.86. The van der Waals surface area contributed by atoms with Gasteiger partial charge in [-0.25, -0.2) is 0 Å². The van der Waals surface area contributed by atoms with Crippen LogP contribution in [0.25, 0.3) is 0 Å². The van der Waals surface area contributed by atoms with Crippen LogP contribution < -0.4 is 10.6 Å². The molecule has 0 spiro atoms. The summed E-state index contributed by atoms with van der Waals surface area (Å²) in [5, 5.41) is 6.24. The highest BCUT2D eigenvalue weighted by atomic mass is 35.5. The lowest BCUT2D eigenvalue weighted by Gasteiger charge is -2.10. The first-order chi connectivity index (χ1) is 14.5. The average Bonchev–Trinajstić information content (AvgIpc) is 2.78. The van der Waals surface area contributed by atoms with Crippen molar-refractivity contribution in [3.8, 4) is 0 Å². The Balaban J connectivity index is 1.48. The van der Waals surface area contributed by atoms with Crippen LogP contribution in [0.5, 0.6) is 0 Å². The van der Waals surface area contributed by atoms with Crippen molar-refractivity contribution in [2.24, 2.45) is 0 Å². The molecule has 0 unspecified atom stereocenters. The summed E-state index contributed by atoms with van der Waals surface area (Å²) in [6.45, 7) is 1.95. The molecule has 30 heavy (non-hydrogen) atoms. The second-order valence-electron chi connectivity index (χ2n) is 6.68. The maximum Gasteiger partial charge on any atom is 0.251 e. The fourth-order valence-corrected chi connectivity index (χ4v) is 3.84. The monoisotopic (exact) mass is 438 g/mol. The molecule has 3 aromatic carbocycles. The van der Waals surface area contributed by atoms with E-state index in [9.17, 15) is 9.59 Å². The number of carbonyl (C=O) groups excluding carboxylic acids is 2. The van der Waals surface area contributed by atoms with Gasteiger partial charge >= 0.3 is 0 Å². The number of para-hydroxylation sites is 1. The normalized spacial score (nSPS) is 10.5. The van der Waals surface area contributed by atoms with E-state index in [2.05, 4.69) is 10.6 Å². The zero-order valence-electron chi connectivity index (χ0n) is 16.7. The number of anilines is 1. The molecule has 0 aliphatic carbocycles. The van der Waals surface area contributed by atoms with Crippen LogP contribution in [-0.2, 0) is 17.0 Å². The van der Waals surface area contributed by atoms with Crippen molar-refractivity contribution >= 4 is 40.9 Å². The van der Waals surface area contributed by atoms with Crippen molar-refractivity contribution in [1.29, 1.82) is 0 Å². The minimum Gasteiger partial charge on any atom is -0.343 e. The van der Waals surface area contributed by atoms with Crippen molar-refractivity contribution in [3.05, 3.63) is 94.5 Å². The van der Waals surface area contributed by atoms with Gasteiger partial charge in [0.25, 0.3) is 5.91 Å². The van der Waals surface area contributed by atoms with Crippen LogP contribution in [0, 0.1) is 0 Å². The second-order valence-corrected chi connectivity index (χ2v) is 8.17. The number of nitrogens with one attached hydrogen (secondary N) is 2. The number of amides is 2. The molecule has 0 aromatic heterocycles. The van der Waals surface area contributed by atoms with Gasteiger partial charge in [-0.2, -0.15) is 0 Å². The topological polar surface area (TPSA) is 58.2 Å². The Labute approximate surface area is 186 Å². The van der Waals surface area contributed by atoms with Crippen molar-refractivity contribution in [1.82, 2.24) is 5.32 Å². The van der Waals surface area contributed by atoms with E-state index in [1.54, 1.807) is 23.9 Å². The predicted molar refractivity (Wildman–Crippen MR) is 124 cm³/mol. The van der Waals surface area contributed by atoms with Crippen molar-refractivity contribution < 1.29 is 9.59 Å². The molecule has 0 atom stereocenters. The Hall–Kier alpha value is -2.76. The Morgan fingerprint density at radius 3 is 2.33 bits per heavy atom. The molecule has 0 bridgehead atoms. The molecule has 3 rings (SSSR count). The second kappa shape index (κ2) is 10.9. The number of benzene rings is 3. The molecule has 4 nitrogen and oxygen atoms in total. The van der Waals surface area contributed by atoms with Crippen LogP contribution in [-0.4, -0.2) is 18.4 Å². The van der Waals surface area contributed by atoms with E-state index in [1.807, 2.05) is 67.6 Å². The lowest BCUT2D eigenvalue weighted by Crippen LogP contribution is -2.33. The Morgan fingerprint density at radius 1 is 0.933 bits per heavy atom. The number of thioether (sulfide) groups is 1. The molecular formula is C24H23ClN2O2S. The zero-order valence-corrected chi connectivity index (χ0v) is 18.2. The van der Waals surface area contributed by atoms with Crippen molar-refractivity contribution in [2.45, 2.75) is 24.0 Å². The van der Waals surface area contributed by atoms with Crippen LogP contribution in [0.15, 0.2) is 77.7 Å². The number of halogens is 1. The van der Waals surface area contributed by atoms with E-state index in [-0.39, 0.29) is 18.4 Å². The van der Waals surface area contributed by atoms with E-state index >= 15 is 0 Å². The van der Waals surface area contributed by atoms with Gasteiger partial charge in [0.1, 0.15) is 0 Å². The van der Waals surface area contributed by atoms with Gasteiger partial charge in [0.05, 0.1) is 6.54 Å². The first kappa shape index (κ1) is 21.9. The molecule has 0 fully saturated rings. The fraction of sp³-hybridized carbons (Fsp3) is 0.167. The standard InChI is InChI=1S/C24H23ClN2O2S/c1-2-18-5-3-4-6-22(18)27-23(28)15-26-24(29)19-9-7-17(8-10-19)16-30-21-13-11-20(25)12-14-21/h3-14H,2,15-16H2,1H3,(H,26,29)(H,27,28). The number of hydrogen-bond donors (Lipinski definition) is 2. The summed E-state index contributed by atoms with van der Waals surface area (Å²) in [7, 11) is 0. The first-order valence-corrected chi connectivity index (χ1v) is 11.0. The largest absolute Gasteiger partial charge is 0.343 e. The van der Waals surface area contributed by atoms with Gasteiger partial charge in [0.2, 0.25) is 5.91 Å². The van der Waals surface area contributed by atoms with Crippen LogP contribution in [0.1, 0.15) is 28.4 Å². The highest BCUT2D eigenvalue weighted by molar-refractivity contribution is 7.98. The zero-order chi connectivity index (χ0) is 21.3. The van der Waals surface area contributed by atoms with Gasteiger partial charge in [0.15, 0.2) is 0 Å². The highest BCUT2D eigenvalue weighted by Crippen LogP contribution is 2.24. The van der Waals surface area contributed by atoms with E-state index in [4.69, 9.17) is 11.6 Å². The third-order valence-corrected chi connectivity index (χ3v) is 5.85. The molecule has 0 radical (unpaired) electrons. The summed E-state index contributed by atoms with van der Waals surface area (Å²) in [6, 6.07) is 22.8. The van der Waals surface area contributed by atoms with Crippen LogP contribution in [0.2, 0.25) is 5.02 Å². The Kier molecular flexibility index (Phi) is 7.94. The number of carbonyl (C=O) groups is 2. The van der Waals surface area contributed by atoms with Crippen LogP contribution in [0.3, 0.4) is 0 Å². The minimum atomic E-state index is -0.272. The quantitative estimate of drug-likeness (QED) is 0.452. The molecule has 0 aliphatic heterocycles. The summed E-state index contributed by atoms with van der Waals surface area (Å²) in [5.74, 6) is 0.272. The highest BCUT2D eigenvalue weighted by Gasteiger charge is 2.10. The molecule has 0 heterocycles. The smallest absolute Gasteiger partial charge is 0.251 e. The minimum absolute atomic E-state index is 0.0783. The first-order valence-electron chi connectivity index (χ1n) is 9.68. The average molecular weight is 439 g/mol. The van der Waals surface area contributed by atoms with Gasteiger partial charge in [-0.1, -0.05) is 48.9 Å². The third-order valence-electron chi connectivity index (χ3n) is 4.52. The number of hydrogen-bond acceptors (Lipinski definition) is 3. The van der Waals surface area contributed by atoms with Gasteiger partial charge in [-0.3, -0.25) is 9.59 Å². The third kappa shape index (κ3) is 6.37. The van der Waals surface area contributed by atoms with Gasteiger partial charge in [-0.05, 0) is 60.0 Å². The SMILES string of the molecule is CCc1ccccc1NC(=O)CNC(=O)c1ccc(CSc2ccc(Cl)cc2)cc1. The molecule has 0 saturated carbocycles. The summed E-state index contributed by atoms with van der Waals surface area (Å²) in [4.78, 5) is 25.6. The Bertz CT molecular complexity index is 1000. The summed E-state index contributed by atoms with van der Waals surface area (Å²) < 4.78 is 0. The van der Waals surface area contributed by atoms with E-state index < -0.39 is 0 Å². The maximum absolute atomic E-state index is 12.3. The molecule has 154 valence electrons. The molecule has 3 aromatic rings. The lowest BCUT2D eigenvalue weighted by molar-refractivity contribution is -0.115. The molecule has 0 aliphatic rings. The van der Waals surface area contributed by atoms with Crippen LogP contribution in [0.4, 0.5) is 5.69 Å². The van der Waals surface area contributed by atoms with E-state index in [0.29, 0.717) is 5.56 Å². The van der Waals surface area contributed by atoms with Gasteiger partial charge in [0, 0.05) is 26.9 Å². The molecule has 2 amide bonds.